The minimum atomic E-state index is -4.93. The second-order valence-corrected chi connectivity index (χ2v) is 5.29. The van der Waals surface area contributed by atoms with Crippen molar-refractivity contribution < 1.29 is 27.5 Å². The Morgan fingerprint density at radius 3 is 2.38 bits per heavy atom. The van der Waals surface area contributed by atoms with E-state index in [-0.39, 0.29) is 12.5 Å². The molecule has 26 heavy (non-hydrogen) atoms. The van der Waals surface area contributed by atoms with Gasteiger partial charge in [-0.05, 0) is 48.9 Å². The van der Waals surface area contributed by atoms with Crippen molar-refractivity contribution in [3.63, 3.8) is 0 Å². The molecule has 2 rings (SSSR count). The van der Waals surface area contributed by atoms with Crippen LogP contribution >= 0.6 is 0 Å². The number of amides is 2. The van der Waals surface area contributed by atoms with E-state index in [0.29, 0.717) is 29.2 Å². The number of alkyl halides is 3. The van der Waals surface area contributed by atoms with E-state index in [2.05, 4.69) is 5.32 Å². The van der Waals surface area contributed by atoms with Crippen LogP contribution in [0.4, 0.5) is 18.9 Å². The van der Waals surface area contributed by atoms with Crippen LogP contribution in [0.25, 0.3) is 0 Å². The Balaban J connectivity index is 1.99. The fraction of sp³-hybridized carbons (Fsp3) is 0.222. The molecule has 2 amide bonds. The maximum atomic E-state index is 12.2. The summed E-state index contributed by atoms with van der Waals surface area (Å²) < 4.78 is 41.9. The van der Waals surface area contributed by atoms with Gasteiger partial charge in [-0.15, -0.1) is 0 Å². The van der Waals surface area contributed by atoms with Gasteiger partial charge < -0.3 is 15.4 Å². The van der Waals surface area contributed by atoms with Crippen molar-refractivity contribution in [3.05, 3.63) is 59.7 Å². The number of halogens is 3. The molecule has 0 bridgehead atoms. The minimum Gasteiger partial charge on any atom is -0.494 e. The van der Waals surface area contributed by atoms with Gasteiger partial charge >= 0.3 is 12.1 Å². The molecule has 0 saturated heterocycles. The lowest BCUT2D eigenvalue weighted by atomic mass is 10.1. The van der Waals surface area contributed by atoms with Gasteiger partial charge in [-0.25, -0.2) is 0 Å². The molecule has 0 radical (unpaired) electrons. The van der Waals surface area contributed by atoms with Crippen molar-refractivity contribution in [3.8, 4) is 5.75 Å². The van der Waals surface area contributed by atoms with Gasteiger partial charge in [0.1, 0.15) is 5.75 Å². The maximum Gasteiger partial charge on any atom is 0.471 e. The van der Waals surface area contributed by atoms with Gasteiger partial charge in [-0.3, -0.25) is 9.59 Å². The van der Waals surface area contributed by atoms with Crippen LogP contribution in [0.3, 0.4) is 0 Å². The largest absolute Gasteiger partial charge is 0.494 e. The molecule has 0 saturated carbocycles. The zero-order chi connectivity index (χ0) is 19.2. The molecule has 8 heteroatoms. The van der Waals surface area contributed by atoms with Gasteiger partial charge in [0, 0.05) is 17.8 Å². The standard InChI is InChI=1S/C18H17F3N2O3/c1-2-26-15-8-6-13(7-9-15)16(24)23-14-5-3-4-12(10-14)11-22-17(25)18(19,20)21/h3-10H,2,11H2,1H3,(H,22,25)(H,23,24). The highest BCUT2D eigenvalue weighted by atomic mass is 19.4. The van der Waals surface area contributed by atoms with Crippen LogP contribution in [0.5, 0.6) is 5.75 Å². The van der Waals surface area contributed by atoms with Crippen molar-refractivity contribution in [2.24, 2.45) is 0 Å². The molecule has 0 fully saturated rings. The van der Waals surface area contributed by atoms with E-state index in [1.165, 1.54) is 6.07 Å². The van der Waals surface area contributed by atoms with Crippen molar-refractivity contribution >= 4 is 17.5 Å². The highest BCUT2D eigenvalue weighted by Crippen LogP contribution is 2.17. The summed E-state index contributed by atoms with van der Waals surface area (Å²) in [7, 11) is 0. The third-order valence-electron chi connectivity index (χ3n) is 3.32. The third kappa shape index (κ3) is 5.51. The van der Waals surface area contributed by atoms with E-state index in [4.69, 9.17) is 4.74 Å². The van der Waals surface area contributed by atoms with E-state index < -0.39 is 12.1 Å². The molecule has 0 aliphatic rings. The average Bonchev–Trinajstić information content (AvgIpc) is 2.60. The second kappa shape index (κ2) is 8.37. The van der Waals surface area contributed by atoms with Crippen LogP contribution in [0, 0.1) is 0 Å². The van der Waals surface area contributed by atoms with Gasteiger partial charge in [0.15, 0.2) is 0 Å². The smallest absolute Gasteiger partial charge is 0.471 e. The topological polar surface area (TPSA) is 67.4 Å². The third-order valence-corrected chi connectivity index (χ3v) is 3.32. The van der Waals surface area contributed by atoms with Crippen LogP contribution in [0.2, 0.25) is 0 Å². The molecule has 0 aliphatic carbocycles. The molecular weight excluding hydrogens is 349 g/mol. The van der Waals surface area contributed by atoms with E-state index in [1.807, 2.05) is 6.92 Å². The number of hydrogen-bond acceptors (Lipinski definition) is 3. The van der Waals surface area contributed by atoms with E-state index in [9.17, 15) is 22.8 Å². The number of ether oxygens (including phenoxy) is 1. The van der Waals surface area contributed by atoms with E-state index in [0.717, 1.165) is 0 Å². The molecule has 2 N–H and O–H groups in total. The molecular formula is C18H17F3N2O3. The van der Waals surface area contributed by atoms with Gasteiger partial charge in [-0.1, -0.05) is 12.1 Å². The SMILES string of the molecule is CCOc1ccc(C(=O)Nc2cccc(CNC(=O)C(F)(F)F)c2)cc1. The molecule has 0 heterocycles. The second-order valence-electron chi connectivity index (χ2n) is 5.29. The van der Waals surface area contributed by atoms with Crippen molar-refractivity contribution in [1.82, 2.24) is 5.32 Å². The lowest BCUT2D eigenvalue weighted by Gasteiger charge is -2.10. The first-order chi connectivity index (χ1) is 12.3. The summed E-state index contributed by atoms with van der Waals surface area (Å²) >= 11 is 0. The monoisotopic (exact) mass is 366 g/mol. The summed E-state index contributed by atoms with van der Waals surface area (Å²) in [6.07, 6.45) is -4.93. The van der Waals surface area contributed by atoms with Crippen LogP contribution in [-0.4, -0.2) is 24.6 Å². The molecule has 0 atom stereocenters. The minimum absolute atomic E-state index is 0.300. The summed E-state index contributed by atoms with van der Waals surface area (Å²) in [5.74, 6) is -1.74. The van der Waals surface area contributed by atoms with Gasteiger partial charge in [0.25, 0.3) is 5.91 Å². The Morgan fingerprint density at radius 2 is 1.77 bits per heavy atom. The number of benzene rings is 2. The zero-order valence-corrected chi connectivity index (χ0v) is 13.9. The van der Waals surface area contributed by atoms with Gasteiger partial charge in [0.2, 0.25) is 0 Å². The van der Waals surface area contributed by atoms with Crippen LogP contribution < -0.4 is 15.4 Å². The molecule has 2 aromatic carbocycles. The first kappa shape index (κ1) is 19.3. The molecule has 138 valence electrons. The summed E-state index contributed by atoms with van der Waals surface area (Å²) in [6.45, 7) is 2.07. The van der Waals surface area contributed by atoms with E-state index >= 15 is 0 Å². The highest BCUT2D eigenvalue weighted by molar-refractivity contribution is 6.04. The quantitative estimate of drug-likeness (QED) is 0.822. The zero-order valence-electron chi connectivity index (χ0n) is 13.9. The number of rotatable bonds is 6. The normalized spacial score (nSPS) is 10.9. The fourth-order valence-electron chi connectivity index (χ4n) is 2.11. The fourth-order valence-corrected chi connectivity index (χ4v) is 2.11. The van der Waals surface area contributed by atoms with Crippen molar-refractivity contribution in [2.45, 2.75) is 19.6 Å². The molecule has 0 unspecified atom stereocenters. The lowest BCUT2D eigenvalue weighted by molar-refractivity contribution is -0.173. The van der Waals surface area contributed by atoms with Gasteiger partial charge in [-0.2, -0.15) is 13.2 Å². The predicted octanol–water partition coefficient (Wildman–Crippen LogP) is 3.52. The van der Waals surface area contributed by atoms with E-state index in [1.54, 1.807) is 47.8 Å². The first-order valence-electron chi connectivity index (χ1n) is 7.77. The number of carbonyl (C=O) groups is 2. The Bertz CT molecular complexity index is 774. The average molecular weight is 366 g/mol. The Labute approximate surface area is 148 Å². The molecule has 0 aliphatic heterocycles. The molecule has 2 aromatic rings. The van der Waals surface area contributed by atoms with Crippen molar-refractivity contribution in [1.29, 1.82) is 0 Å². The molecule has 0 aromatic heterocycles. The lowest BCUT2D eigenvalue weighted by Crippen LogP contribution is -2.36. The Hall–Kier alpha value is -3.03. The predicted molar refractivity (Wildman–Crippen MR) is 89.9 cm³/mol. The van der Waals surface area contributed by atoms with Crippen LogP contribution in [-0.2, 0) is 11.3 Å². The molecule has 0 spiro atoms. The number of anilines is 1. The highest BCUT2D eigenvalue weighted by Gasteiger charge is 2.38. The van der Waals surface area contributed by atoms with Crippen molar-refractivity contribution in [2.75, 3.05) is 11.9 Å². The Morgan fingerprint density at radius 1 is 1.08 bits per heavy atom. The number of hydrogen-bond donors (Lipinski definition) is 2. The summed E-state index contributed by atoms with van der Waals surface area (Å²) in [4.78, 5) is 23.1. The molecule has 5 nitrogen and oxygen atoms in total. The number of carbonyl (C=O) groups excluding carboxylic acids is 2. The summed E-state index contributed by atoms with van der Waals surface area (Å²) in [6, 6.07) is 12.8. The van der Waals surface area contributed by atoms with Crippen LogP contribution in [0.1, 0.15) is 22.8 Å². The summed E-state index contributed by atoms with van der Waals surface area (Å²) in [5.41, 5.74) is 1.24. The Kier molecular flexibility index (Phi) is 6.21. The van der Waals surface area contributed by atoms with Crippen LogP contribution in [0.15, 0.2) is 48.5 Å². The summed E-state index contributed by atoms with van der Waals surface area (Å²) in [5, 5.41) is 4.43. The number of nitrogens with one attached hydrogen (secondary N) is 2. The van der Waals surface area contributed by atoms with Gasteiger partial charge in [0.05, 0.1) is 6.61 Å². The maximum absolute atomic E-state index is 12.2. The first-order valence-corrected chi connectivity index (χ1v) is 7.77.